The Morgan fingerprint density at radius 3 is 2.62 bits per heavy atom. The molecule has 5 N–H and O–H groups in total. The van der Waals surface area contributed by atoms with Gasteiger partial charge in [0.25, 0.3) is 0 Å². The average molecular weight is 309 g/mol. The van der Waals surface area contributed by atoms with Crippen LogP contribution in [-0.4, -0.2) is 27.4 Å². The van der Waals surface area contributed by atoms with Crippen LogP contribution in [0.4, 0.5) is 0 Å². The first-order valence-corrected chi connectivity index (χ1v) is 8.01. The molecule has 1 aromatic rings. The number of hydrogen-bond acceptors (Lipinski definition) is 4. The average Bonchev–Trinajstić information content (AvgIpc) is 2.44. The van der Waals surface area contributed by atoms with Crippen molar-refractivity contribution in [1.29, 1.82) is 0 Å². The number of sulfonamides is 1. The minimum atomic E-state index is -3.63. The second-order valence-corrected chi connectivity index (χ2v) is 6.06. The van der Waals surface area contributed by atoms with Crippen molar-refractivity contribution in [2.24, 2.45) is 11.5 Å². The van der Waals surface area contributed by atoms with E-state index in [9.17, 15) is 13.2 Å². The maximum absolute atomic E-state index is 12.2. The van der Waals surface area contributed by atoms with Crippen LogP contribution >= 0.6 is 0 Å². The number of rotatable bonds is 7. The molecule has 1 rings (SSSR count). The number of benzene rings is 1. The molecule has 0 aliphatic rings. The van der Waals surface area contributed by atoms with Gasteiger partial charge >= 0.3 is 0 Å². The van der Waals surface area contributed by atoms with Crippen molar-refractivity contribution < 1.29 is 13.2 Å². The van der Waals surface area contributed by atoms with Crippen molar-refractivity contribution in [3.05, 3.63) is 29.8 Å². The highest BCUT2D eigenvalue weighted by atomic mass is 32.2. The molecule has 0 radical (unpaired) electrons. The van der Waals surface area contributed by atoms with Crippen molar-refractivity contribution in [3.63, 3.8) is 0 Å². The highest BCUT2D eigenvalue weighted by Gasteiger charge is 2.16. The normalized spacial score (nSPS) is 10.7. The molecule has 1 amide bonds. The number of hydrogen-bond donors (Lipinski definition) is 3. The second kappa shape index (κ2) is 8.42. The molecule has 6 nitrogen and oxygen atoms in total. The van der Waals surface area contributed by atoms with Crippen LogP contribution in [0.1, 0.15) is 24.8 Å². The van der Waals surface area contributed by atoms with Gasteiger partial charge in [-0.3, -0.25) is 4.79 Å². The molecular formula is C14H19N3O3S. The molecule has 0 saturated carbocycles. The molecule has 0 saturated heterocycles. The minimum Gasteiger partial charge on any atom is -0.370 e. The Kier molecular flexibility index (Phi) is 6.88. The Balaban J connectivity index is 2.72. The van der Waals surface area contributed by atoms with Crippen LogP contribution in [0, 0.1) is 11.8 Å². The van der Waals surface area contributed by atoms with E-state index in [0.717, 1.165) is 0 Å². The summed E-state index contributed by atoms with van der Waals surface area (Å²) < 4.78 is 26.9. The number of carbonyl (C=O) groups excluding carboxylic acids is 1. The summed E-state index contributed by atoms with van der Waals surface area (Å²) in [5, 5.41) is 0. The molecule has 7 heteroatoms. The van der Waals surface area contributed by atoms with Crippen LogP contribution in [0.25, 0.3) is 0 Å². The van der Waals surface area contributed by atoms with E-state index in [4.69, 9.17) is 11.5 Å². The SMILES string of the molecule is NCC#Cc1ccccc1S(=O)(=O)NCCCCC(N)=O. The van der Waals surface area contributed by atoms with Gasteiger partial charge in [0.2, 0.25) is 15.9 Å². The van der Waals surface area contributed by atoms with E-state index in [1.807, 2.05) is 0 Å². The molecule has 0 spiro atoms. The third-order valence-electron chi connectivity index (χ3n) is 2.64. The van der Waals surface area contributed by atoms with Crippen LogP contribution in [0.15, 0.2) is 29.2 Å². The van der Waals surface area contributed by atoms with Gasteiger partial charge in [-0.25, -0.2) is 13.1 Å². The predicted molar refractivity (Wildman–Crippen MR) is 80.6 cm³/mol. The summed E-state index contributed by atoms with van der Waals surface area (Å²) in [5.41, 5.74) is 10.7. The van der Waals surface area contributed by atoms with E-state index in [1.165, 1.54) is 6.07 Å². The Bertz CT molecular complexity index is 645. The lowest BCUT2D eigenvalue weighted by Crippen LogP contribution is -2.25. The summed E-state index contributed by atoms with van der Waals surface area (Å²) in [7, 11) is -3.63. The van der Waals surface area contributed by atoms with Gasteiger partial charge in [-0.05, 0) is 25.0 Å². The van der Waals surface area contributed by atoms with Gasteiger partial charge in [0, 0.05) is 18.5 Å². The van der Waals surface area contributed by atoms with Crippen LogP contribution in [0.5, 0.6) is 0 Å². The van der Waals surface area contributed by atoms with E-state index in [-0.39, 0.29) is 30.3 Å². The number of amides is 1. The van der Waals surface area contributed by atoms with Crippen LogP contribution in [-0.2, 0) is 14.8 Å². The van der Waals surface area contributed by atoms with E-state index < -0.39 is 10.0 Å². The molecule has 0 bridgehead atoms. The van der Waals surface area contributed by atoms with Gasteiger partial charge in [-0.15, -0.1) is 0 Å². The summed E-state index contributed by atoms with van der Waals surface area (Å²) in [4.78, 5) is 10.7. The van der Waals surface area contributed by atoms with Crippen molar-refractivity contribution >= 4 is 15.9 Å². The van der Waals surface area contributed by atoms with Crippen molar-refractivity contribution in [1.82, 2.24) is 4.72 Å². The van der Waals surface area contributed by atoms with Gasteiger partial charge in [-0.1, -0.05) is 24.0 Å². The molecule has 0 aromatic heterocycles. The summed E-state index contributed by atoms with van der Waals surface area (Å²) >= 11 is 0. The molecular weight excluding hydrogens is 290 g/mol. The van der Waals surface area contributed by atoms with E-state index >= 15 is 0 Å². The summed E-state index contributed by atoms with van der Waals surface area (Å²) in [6, 6.07) is 6.47. The van der Waals surface area contributed by atoms with Crippen molar-refractivity contribution in [2.75, 3.05) is 13.1 Å². The Morgan fingerprint density at radius 2 is 1.95 bits per heavy atom. The fourth-order valence-electron chi connectivity index (χ4n) is 1.66. The molecule has 0 fully saturated rings. The van der Waals surface area contributed by atoms with Gasteiger partial charge in [0.1, 0.15) is 0 Å². The van der Waals surface area contributed by atoms with Gasteiger partial charge in [0.15, 0.2) is 0 Å². The van der Waals surface area contributed by atoms with Crippen molar-refractivity contribution in [3.8, 4) is 11.8 Å². The molecule has 0 atom stereocenters. The number of primary amides is 1. The topological polar surface area (TPSA) is 115 Å². The fourth-order valence-corrected chi connectivity index (χ4v) is 2.89. The Labute approximate surface area is 125 Å². The maximum atomic E-state index is 12.2. The van der Waals surface area contributed by atoms with E-state index in [1.54, 1.807) is 18.2 Å². The molecule has 0 heterocycles. The number of nitrogens with one attached hydrogen (secondary N) is 1. The zero-order chi connectivity index (χ0) is 15.7. The van der Waals surface area contributed by atoms with Gasteiger partial charge < -0.3 is 11.5 Å². The highest BCUT2D eigenvalue weighted by Crippen LogP contribution is 2.14. The zero-order valence-corrected chi connectivity index (χ0v) is 12.4. The van der Waals surface area contributed by atoms with Crippen LogP contribution < -0.4 is 16.2 Å². The first kappa shape index (κ1) is 17.2. The molecule has 114 valence electrons. The number of carbonyl (C=O) groups is 1. The first-order chi connectivity index (χ1) is 9.97. The summed E-state index contributed by atoms with van der Waals surface area (Å²) in [6.07, 6.45) is 1.34. The zero-order valence-electron chi connectivity index (χ0n) is 11.6. The molecule has 0 aliphatic heterocycles. The fraction of sp³-hybridized carbons (Fsp3) is 0.357. The van der Waals surface area contributed by atoms with Crippen LogP contribution in [0.3, 0.4) is 0 Å². The van der Waals surface area contributed by atoms with E-state index in [2.05, 4.69) is 16.6 Å². The van der Waals surface area contributed by atoms with Crippen LogP contribution in [0.2, 0.25) is 0 Å². The lowest BCUT2D eigenvalue weighted by molar-refractivity contribution is -0.118. The Hall–Kier alpha value is -1.88. The van der Waals surface area contributed by atoms with Gasteiger partial charge in [0.05, 0.1) is 11.4 Å². The third-order valence-corrected chi connectivity index (χ3v) is 4.16. The third kappa shape index (κ3) is 5.95. The lowest BCUT2D eigenvalue weighted by atomic mass is 10.2. The predicted octanol–water partition coefficient (Wildman–Crippen LogP) is -0.0693. The second-order valence-electron chi connectivity index (χ2n) is 4.32. The summed E-state index contributed by atoms with van der Waals surface area (Å²) in [6.45, 7) is 0.406. The number of unbranched alkanes of at least 4 members (excludes halogenated alkanes) is 1. The molecule has 21 heavy (non-hydrogen) atoms. The summed E-state index contributed by atoms with van der Waals surface area (Å²) in [5.74, 6) is 4.99. The molecule has 0 unspecified atom stereocenters. The Morgan fingerprint density at radius 1 is 1.24 bits per heavy atom. The molecule has 0 aliphatic carbocycles. The number of nitrogens with two attached hydrogens (primary N) is 2. The maximum Gasteiger partial charge on any atom is 0.241 e. The standard InChI is InChI=1S/C14H19N3O3S/c15-10-5-7-12-6-1-2-8-13(12)21(19,20)17-11-4-3-9-14(16)18/h1-2,6,8,17H,3-4,9-11,15H2,(H2,16,18). The highest BCUT2D eigenvalue weighted by molar-refractivity contribution is 7.89. The molecule has 1 aromatic carbocycles. The lowest BCUT2D eigenvalue weighted by Gasteiger charge is -2.08. The first-order valence-electron chi connectivity index (χ1n) is 6.53. The monoisotopic (exact) mass is 309 g/mol. The smallest absolute Gasteiger partial charge is 0.241 e. The van der Waals surface area contributed by atoms with Crippen molar-refractivity contribution in [2.45, 2.75) is 24.2 Å². The quantitative estimate of drug-likeness (QED) is 0.483. The van der Waals surface area contributed by atoms with Gasteiger partial charge in [-0.2, -0.15) is 0 Å². The largest absolute Gasteiger partial charge is 0.370 e. The van der Waals surface area contributed by atoms with E-state index in [0.29, 0.717) is 18.4 Å². The minimum absolute atomic E-state index is 0.126.